The van der Waals surface area contributed by atoms with Gasteiger partial charge < -0.3 is 19.4 Å². The lowest BCUT2D eigenvalue weighted by Gasteiger charge is -2.24. The number of aromatic nitrogens is 3. The highest BCUT2D eigenvalue weighted by molar-refractivity contribution is 7.99. The Bertz CT molecular complexity index is 866. The van der Waals surface area contributed by atoms with Crippen LogP contribution in [0.25, 0.3) is 0 Å². The van der Waals surface area contributed by atoms with Crippen molar-refractivity contribution in [3.8, 4) is 11.5 Å². The SMILES string of the molecule is C=CCn1c(C)nnc1SCC(=O)N[C@H](c1ccc2c(c1)OCCCO2)C(C)C. The second-order valence-corrected chi connectivity index (χ2v) is 8.21. The largest absolute Gasteiger partial charge is 0.490 e. The van der Waals surface area contributed by atoms with E-state index in [0.717, 1.165) is 29.3 Å². The van der Waals surface area contributed by atoms with Crippen molar-refractivity contribution in [2.24, 2.45) is 5.92 Å². The van der Waals surface area contributed by atoms with E-state index >= 15 is 0 Å². The monoisotopic (exact) mass is 416 g/mol. The molecule has 29 heavy (non-hydrogen) atoms. The van der Waals surface area contributed by atoms with Crippen LogP contribution in [0.2, 0.25) is 0 Å². The maximum absolute atomic E-state index is 12.7. The van der Waals surface area contributed by atoms with Crippen molar-refractivity contribution in [2.45, 2.75) is 44.9 Å². The molecular formula is C21H28N4O3S. The fourth-order valence-corrected chi connectivity index (χ4v) is 3.97. The Hall–Kier alpha value is -2.48. The Balaban J connectivity index is 1.67. The Morgan fingerprint density at radius 1 is 1.31 bits per heavy atom. The molecule has 1 atom stereocenters. The molecule has 1 amide bonds. The van der Waals surface area contributed by atoms with Crippen LogP contribution in [-0.4, -0.2) is 39.6 Å². The Morgan fingerprint density at radius 3 is 2.79 bits per heavy atom. The first-order valence-corrected chi connectivity index (χ1v) is 10.8. The minimum absolute atomic E-state index is 0.0494. The van der Waals surface area contributed by atoms with Crippen molar-refractivity contribution >= 4 is 17.7 Å². The molecule has 1 aliphatic rings. The molecule has 0 aliphatic carbocycles. The molecule has 1 aromatic heterocycles. The zero-order chi connectivity index (χ0) is 20.8. The molecule has 3 rings (SSSR count). The summed E-state index contributed by atoms with van der Waals surface area (Å²) in [5, 5.41) is 12.1. The van der Waals surface area contributed by atoms with E-state index in [1.165, 1.54) is 11.8 Å². The third-order valence-corrected chi connectivity index (χ3v) is 5.63. The van der Waals surface area contributed by atoms with Gasteiger partial charge in [0.25, 0.3) is 0 Å². The second-order valence-electron chi connectivity index (χ2n) is 7.26. The molecule has 156 valence electrons. The number of hydrogen-bond acceptors (Lipinski definition) is 6. The van der Waals surface area contributed by atoms with Gasteiger partial charge in [0.05, 0.1) is 25.0 Å². The van der Waals surface area contributed by atoms with Crippen LogP contribution in [0.15, 0.2) is 36.0 Å². The maximum atomic E-state index is 12.7. The van der Waals surface area contributed by atoms with Gasteiger partial charge in [-0.05, 0) is 30.5 Å². The van der Waals surface area contributed by atoms with Crippen LogP contribution in [0.5, 0.6) is 11.5 Å². The van der Waals surface area contributed by atoms with E-state index in [0.29, 0.717) is 24.9 Å². The van der Waals surface area contributed by atoms with Gasteiger partial charge in [-0.25, -0.2) is 0 Å². The highest BCUT2D eigenvalue weighted by Gasteiger charge is 2.21. The number of amides is 1. The summed E-state index contributed by atoms with van der Waals surface area (Å²) in [4.78, 5) is 12.7. The van der Waals surface area contributed by atoms with Crippen LogP contribution >= 0.6 is 11.8 Å². The predicted octanol–water partition coefficient (Wildman–Crippen LogP) is 3.54. The first-order valence-electron chi connectivity index (χ1n) is 9.82. The Labute approximate surface area is 175 Å². The number of rotatable bonds is 8. The summed E-state index contributed by atoms with van der Waals surface area (Å²) in [5.41, 5.74) is 1.01. The minimum Gasteiger partial charge on any atom is -0.490 e. The molecule has 8 heteroatoms. The molecule has 1 N–H and O–H groups in total. The molecule has 7 nitrogen and oxygen atoms in total. The smallest absolute Gasteiger partial charge is 0.230 e. The van der Waals surface area contributed by atoms with E-state index in [1.54, 1.807) is 6.08 Å². The topological polar surface area (TPSA) is 78.3 Å². The number of fused-ring (bicyclic) bond motifs is 1. The van der Waals surface area contributed by atoms with Gasteiger partial charge in [0.1, 0.15) is 5.82 Å². The van der Waals surface area contributed by atoms with Crippen LogP contribution in [0, 0.1) is 12.8 Å². The molecule has 0 bridgehead atoms. The predicted molar refractivity (Wildman–Crippen MR) is 113 cm³/mol. The number of hydrogen-bond donors (Lipinski definition) is 1. The van der Waals surface area contributed by atoms with Crippen molar-refractivity contribution < 1.29 is 14.3 Å². The van der Waals surface area contributed by atoms with Crippen molar-refractivity contribution in [1.29, 1.82) is 0 Å². The lowest BCUT2D eigenvalue weighted by molar-refractivity contribution is -0.119. The van der Waals surface area contributed by atoms with Crippen molar-refractivity contribution in [3.63, 3.8) is 0 Å². The summed E-state index contributed by atoms with van der Waals surface area (Å²) in [5.74, 6) is 2.74. The number of benzene rings is 1. The van der Waals surface area contributed by atoms with Gasteiger partial charge in [-0.1, -0.05) is 37.8 Å². The molecule has 1 aliphatic heterocycles. The summed E-state index contributed by atoms with van der Waals surface area (Å²) >= 11 is 1.38. The van der Waals surface area contributed by atoms with Crippen molar-refractivity contribution in [2.75, 3.05) is 19.0 Å². The average molecular weight is 417 g/mol. The summed E-state index contributed by atoms with van der Waals surface area (Å²) in [7, 11) is 0. The van der Waals surface area contributed by atoms with Gasteiger partial charge in [-0.3, -0.25) is 4.79 Å². The minimum atomic E-state index is -0.118. The zero-order valence-electron chi connectivity index (χ0n) is 17.2. The average Bonchev–Trinajstić information content (AvgIpc) is 2.90. The van der Waals surface area contributed by atoms with Gasteiger partial charge in [0.15, 0.2) is 16.7 Å². The lowest BCUT2D eigenvalue weighted by atomic mass is 9.95. The number of nitrogens with zero attached hydrogens (tertiary/aromatic N) is 3. The van der Waals surface area contributed by atoms with Crippen LogP contribution in [-0.2, 0) is 11.3 Å². The van der Waals surface area contributed by atoms with Gasteiger partial charge >= 0.3 is 0 Å². The number of aryl methyl sites for hydroxylation is 1. The Kier molecular flexibility index (Phi) is 7.19. The van der Waals surface area contributed by atoms with Crippen LogP contribution in [0.1, 0.15) is 37.7 Å². The molecule has 0 fully saturated rings. The number of nitrogens with one attached hydrogen (secondary N) is 1. The lowest BCUT2D eigenvalue weighted by Crippen LogP contribution is -2.33. The summed E-state index contributed by atoms with van der Waals surface area (Å²) < 4.78 is 13.4. The molecule has 2 aromatic rings. The first-order chi connectivity index (χ1) is 14.0. The van der Waals surface area contributed by atoms with Gasteiger partial charge in [0, 0.05) is 13.0 Å². The Morgan fingerprint density at radius 2 is 2.07 bits per heavy atom. The fourth-order valence-electron chi connectivity index (χ4n) is 3.16. The molecule has 0 radical (unpaired) electrons. The molecule has 0 spiro atoms. The van der Waals surface area contributed by atoms with E-state index in [4.69, 9.17) is 9.47 Å². The summed E-state index contributed by atoms with van der Waals surface area (Å²) in [6, 6.07) is 5.78. The molecular weight excluding hydrogens is 388 g/mol. The highest BCUT2D eigenvalue weighted by Crippen LogP contribution is 2.34. The summed E-state index contributed by atoms with van der Waals surface area (Å²) in [6.45, 7) is 11.7. The van der Waals surface area contributed by atoms with Crippen LogP contribution in [0.3, 0.4) is 0 Å². The second kappa shape index (κ2) is 9.82. The van der Waals surface area contributed by atoms with Crippen LogP contribution < -0.4 is 14.8 Å². The normalized spacial score (nSPS) is 14.3. The molecule has 0 unspecified atom stereocenters. The van der Waals surface area contributed by atoms with E-state index in [9.17, 15) is 4.79 Å². The quantitative estimate of drug-likeness (QED) is 0.524. The third kappa shape index (κ3) is 5.32. The van der Waals surface area contributed by atoms with Gasteiger partial charge in [-0.2, -0.15) is 0 Å². The van der Waals surface area contributed by atoms with Gasteiger partial charge in [-0.15, -0.1) is 16.8 Å². The maximum Gasteiger partial charge on any atom is 0.230 e. The highest BCUT2D eigenvalue weighted by atomic mass is 32.2. The number of ether oxygens (including phenoxy) is 2. The summed E-state index contributed by atoms with van der Waals surface area (Å²) in [6.07, 6.45) is 2.65. The number of carbonyl (C=O) groups excluding carboxylic acids is 1. The number of allylic oxidation sites excluding steroid dienone is 1. The van der Waals surface area contributed by atoms with Crippen molar-refractivity contribution in [3.05, 3.63) is 42.2 Å². The third-order valence-electron chi connectivity index (χ3n) is 4.66. The number of thioether (sulfide) groups is 1. The fraction of sp³-hybridized carbons (Fsp3) is 0.476. The van der Waals surface area contributed by atoms with E-state index in [2.05, 4.69) is 35.9 Å². The van der Waals surface area contributed by atoms with Crippen LogP contribution in [0.4, 0.5) is 0 Å². The van der Waals surface area contributed by atoms with E-state index in [-0.39, 0.29) is 23.6 Å². The molecule has 0 saturated carbocycles. The first kappa shape index (κ1) is 21.2. The standard InChI is InChI=1S/C21H28N4O3S/c1-5-9-25-15(4)23-24-21(25)29-13-19(26)22-20(14(2)3)16-7-8-17-18(12-16)28-11-6-10-27-17/h5,7-8,12,14,20H,1,6,9-11,13H2,2-4H3,(H,22,26)/t20-/m0/s1. The number of carbonyl (C=O) groups is 1. The van der Waals surface area contributed by atoms with E-state index in [1.807, 2.05) is 29.7 Å². The van der Waals surface area contributed by atoms with Gasteiger partial charge in [0.2, 0.25) is 5.91 Å². The molecule has 1 aromatic carbocycles. The van der Waals surface area contributed by atoms with Crippen molar-refractivity contribution in [1.82, 2.24) is 20.1 Å². The molecule has 0 saturated heterocycles. The molecule has 2 heterocycles. The zero-order valence-corrected chi connectivity index (χ0v) is 18.0. The van der Waals surface area contributed by atoms with E-state index < -0.39 is 0 Å².